The van der Waals surface area contributed by atoms with E-state index in [9.17, 15) is 9.59 Å². The molecule has 1 amide bonds. The van der Waals surface area contributed by atoms with Gasteiger partial charge in [0.2, 0.25) is 5.91 Å². The monoisotopic (exact) mass is 243 g/mol. The van der Waals surface area contributed by atoms with Gasteiger partial charge < -0.3 is 20.3 Å². The summed E-state index contributed by atoms with van der Waals surface area (Å²) in [4.78, 5) is 23.9. The molecule has 0 aromatic rings. The van der Waals surface area contributed by atoms with Crippen molar-refractivity contribution in [1.82, 2.24) is 15.5 Å². The highest BCUT2D eigenvalue weighted by Gasteiger charge is 2.11. The van der Waals surface area contributed by atoms with Crippen LogP contribution in [0, 0.1) is 0 Å². The number of aldehydes is 1. The fourth-order valence-corrected chi connectivity index (χ4v) is 1.60. The number of rotatable bonds is 11. The van der Waals surface area contributed by atoms with Crippen LogP contribution >= 0.6 is 0 Å². The molecule has 0 bridgehead atoms. The molecular formula is C12H25N3O2. The van der Waals surface area contributed by atoms with Crippen molar-refractivity contribution in [1.29, 1.82) is 0 Å². The zero-order valence-electron chi connectivity index (χ0n) is 11.0. The van der Waals surface area contributed by atoms with E-state index in [1.54, 1.807) is 0 Å². The van der Waals surface area contributed by atoms with Crippen molar-refractivity contribution in [2.75, 3.05) is 40.3 Å². The van der Waals surface area contributed by atoms with E-state index >= 15 is 0 Å². The first kappa shape index (κ1) is 16.1. The highest BCUT2D eigenvalue weighted by Crippen LogP contribution is 2.00. The Morgan fingerprint density at radius 1 is 1.12 bits per heavy atom. The molecule has 0 unspecified atom stereocenters. The van der Waals surface area contributed by atoms with Gasteiger partial charge in [-0.25, -0.2) is 0 Å². The maximum atomic E-state index is 11.8. The Morgan fingerprint density at radius 2 is 1.65 bits per heavy atom. The first-order valence-corrected chi connectivity index (χ1v) is 6.26. The SMILES string of the molecule is CNCCCN(CCCNC)C(=O)CCC=O. The fourth-order valence-electron chi connectivity index (χ4n) is 1.60. The molecule has 0 rings (SSSR count). The summed E-state index contributed by atoms with van der Waals surface area (Å²) in [5, 5.41) is 6.13. The molecule has 100 valence electrons. The second kappa shape index (κ2) is 11.5. The molecule has 0 atom stereocenters. The van der Waals surface area contributed by atoms with Gasteiger partial charge >= 0.3 is 0 Å². The van der Waals surface area contributed by atoms with Gasteiger partial charge in [0.05, 0.1) is 0 Å². The van der Waals surface area contributed by atoms with Crippen molar-refractivity contribution < 1.29 is 9.59 Å². The number of nitrogens with zero attached hydrogens (tertiary/aromatic N) is 1. The molecule has 0 radical (unpaired) electrons. The van der Waals surface area contributed by atoms with Crippen molar-refractivity contribution in [2.45, 2.75) is 25.7 Å². The van der Waals surface area contributed by atoms with E-state index in [2.05, 4.69) is 10.6 Å². The second-order valence-electron chi connectivity index (χ2n) is 4.00. The molecule has 0 fully saturated rings. The molecule has 0 spiro atoms. The van der Waals surface area contributed by atoms with Gasteiger partial charge in [0, 0.05) is 25.9 Å². The molecular weight excluding hydrogens is 218 g/mol. The molecule has 0 aliphatic carbocycles. The summed E-state index contributed by atoms with van der Waals surface area (Å²) in [6.07, 6.45) is 3.36. The standard InChI is InChI=1S/C12H25N3O2/c1-13-7-4-9-15(10-5-8-14-2)12(17)6-3-11-16/h11,13-14H,3-10H2,1-2H3. The molecule has 17 heavy (non-hydrogen) atoms. The Hall–Kier alpha value is -0.940. The Kier molecular flexibility index (Phi) is 10.9. The van der Waals surface area contributed by atoms with Crippen molar-refractivity contribution in [2.24, 2.45) is 0 Å². The van der Waals surface area contributed by atoms with Crippen LogP contribution in [0.3, 0.4) is 0 Å². The van der Waals surface area contributed by atoms with E-state index in [1.807, 2.05) is 19.0 Å². The molecule has 0 saturated carbocycles. The predicted molar refractivity (Wildman–Crippen MR) is 69.0 cm³/mol. The predicted octanol–water partition coefficient (Wildman–Crippen LogP) is 0.0131. The molecule has 5 heteroatoms. The summed E-state index contributed by atoms with van der Waals surface area (Å²) < 4.78 is 0. The molecule has 5 nitrogen and oxygen atoms in total. The minimum absolute atomic E-state index is 0.0873. The summed E-state index contributed by atoms with van der Waals surface area (Å²) in [5.74, 6) is 0.0873. The number of carbonyl (C=O) groups excluding carboxylic acids is 2. The van der Waals surface area contributed by atoms with Crippen molar-refractivity contribution >= 4 is 12.2 Å². The summed E-state index contributed by atoms with van der Waals surface area (Å²) in [5.41, 5.74) is 0. The van der Waals surface area contributed by atoms with Gasteiger partial charge in [-0.2, -0.15) is 0 Å². The highest BCUT2D eigenvalue weighted by molar-refractivity contribution is 5.78. The lowest BCUT2D eigenvalue weighted by Gasteiger charge is -2.22. The minimum Gasteiger partial charge on any atom is -0.343 e. The molecule has 0 aromatic carbocycles. The maximum absolute atomic E-state index is 11.8. The average molecular weight is 243 g/mol. The van der Waals surface area contributed by atoms with Crippen LogP contribution in [0.25, 0.3) is 0 Å². The van der Waals surface area contributed by atoms with E-state index < -0.39 is 0 Å². The van der Waals surface area contributed by atoms with Crippen LogP contribution in [0.2, 0.25) is 0 Å². The summed E-state index contributed by atoms with van der Waals surface area (Å²) in [7, 11) is 3.80. The van der Waals surface area contributed by atoms with E-state index in [0.29, 0.717) is 12.8 Å². The van der Waals surface area contributed by atoms with Crippen LogP contribution in [0.5, 0.6) is 0 Å². The highest BCUT2D eigenvalue weighted by atomic mass is 16.2. The molecule has 0 aliphatic rings. The zero-order chi connectivity index (χ0) is 12.9. The lowest BCUT2D eigenvalue weighted by atomic mass is 10.2. The van der Waals surface area contributed by atoms with Crippen LogP contribution in [-0.4, -0.2) is 57.4 Å². The topological polar surface area (TPSA) is 61.4 Å². The van der Waals surface area contributed by atoms with E-state index in [4.69, 9.17) is 0 Å². The summed E-state index contributed by atoms with van der Waals surface area (Å²) in [6.45, 7) is 3.34. The third-order valence-corrected chi connectivity index (χ3v) is 2.54. The van der Waals surface area contributed by atoms with E-state index in [0.717, 1.165) is 45.3 Å². The molecule has 2 N–H and O–H groups in total. The maximum Gasteiger partial charge on any atom is 0.222 e. The molecule has 0 heterocycles. The smallest absolute Gasteiger partial charge is 0.222 e. The zero-order valence-corrected chi connectivity index (χ0v) is 11.0. The number of carbonyl (C=O) groups is 2. The van der Waals surface area contributed by atoms with Crippen LogP contribution in [0.4, 0.5) is 0 Å². The Morgan fingerprint density at radius 3 is 2.06 bits per heavy atom. The fraction of sp³-hybridized carbons (Fsp3) is 0.833. The first-order valence-electron chi connectivity index (χ1n) is 6.26. The molecule has 0 aliphatic heterocycles. The summed E-state index contributed by atoms with van der Waals surface area (Å²) >= 11 is 0. The summed E-state index contributed by atoms with van der Waals surface area (Å²) in [6, 6.07) is 0. The normalized spacial score (nSPS) is 10.2. The number of hydrogen-bond donors (Lipinski definition) is 2. The molecule has 0 saturated heterocycles. The van der Waals surface area contributed by atoms with Crippen molar-refractivity contribution in [3.05, 3.63) is 0 Å². The van der Waals surface area contributed by atoms with Crippen LogP contribution in [0.15, 0.2) is 0 Å². The van der Waals surface area contributed by atoms with Gasteiger partial charge in [0.25, 0.3) is 0 Å². The van der Waals surface area contributed by atoms with Crippen LogP contribution in [-0.2, 0) is 9.59 Å². The number of hydrogen-bond acceptors (Lipinski definition) is 4. The first-order chi connectivity index (χ1) is 8.26. The minimum atomic E-state index is 0.0873. The lowest BCUT2D eigenvalue weighted by Crippen LogP contribution is -2.35. The Balaban J connectivity index is 3.98. The van der Waals surface area contributed by atoms with E-state index in [1.165, 1.54) is 0 Å². The quantitative estimate of drug-likeness (QED) is 0.396. The number of amides is 1. The molecule has 0 aromatic heterocycles. The average Bonchev–Trinajstić information content (AvgIpc) is 2.34. The van der Waals surface area contributed by atoms with Gasteiger partial charge in [0.15, 0.2) is 0 Å². The Labute approximate surface area is 104 Å². The third kappa shape index (κ3) is 8.83. The largest absolute Gasteiger partial charge is 0.343 e. The third-order valence-electron chi connectivity index (χ3n) is 2.54. The van der Waals surface area contributed by atoms with Crippen LogP contribution in [0.1, 0.15) is 25.7 Å². The lowest BCUT2D eigenvalue weighted by molar-refractivity contribution is -0.132. The van der Waals surface area contributed by atoms with E-state index in [-0.39, 0.29) is 5.91 Å². The van der Waals surface area contributed by atoms with Crippen LogP contribution < -0.4 is 10.6 Å². The van der Waals surface area contributed by atoms with Crippen molar-refractivity contribution in [3.8, 4) is 0 Å². The van der Waals surface area contributed by atoms with Gasteiger partial charge in [-0.1, -0.05) is 0 Å². The Bertz CT molecular complexity index is 200. The van der Waals surface area contributed by atoms with Gasteiger partial charge in [0.1, 0.15) is 6.29 Å². The van der Waals surface area contributed by atoms with Gasteiger partial charge in [-0.15, -0.1) is 0 Å². The van der Waals surface area contributed by atoms with Gasteiger partial charge in [-0.05, 0) is 40.0 Å². The van der Waals surface area contributed by atoms with Gasteiger partial charge in [-0.3, -0.25) is 4.79 Å². The number of nitrogens with one attached hydrogen (secondary N) is 2. The second-order valence-corrected chi connectivity index (χ2v) is 4.00. The van der Waals surface area contributed by atoms with Crippen molar-refractivity contribution in [3.63, 3.8) is 0 Å².